The van der Waals surface area contributed by atoms with Gasteiger partial charge in [-0.25, -0.2) is 13.9 Å². The van der Waals surface area contributed by atoms with Crippen LogP contribution in [0.3, 0.4) is 0 Å². The molecule has 0 amide bonds. The lowest BCUT2D eigenvalue weighted by molar-refractivity contribution is 0.122. The van der Waals surface area contributed by atoms with Crippen molar-refractivity contribution in [2.24, 2.45) is 0 Å². The Labute approximate surface area is 137 Å². The number of halogens is 1. The summed E-state index contributed by atoms with van der Waals surface area (Å²) in [7, 11) is 0. The molecule has 3 aromatic rings. The maximum atomic E-state index is 13.4. The van der Waals surface area contributed by atoms with Crippen LogP contribution in [-0.4, -0.2) is 51.0 Å². The van der Waals surface area contributed by atoms with Gasteiger partial charge in [-0.1, -0.05) is 0 Å². The standard InChI is InChI=1S/C16H16FN5O2/c1-10-8-11(17)9-13(23)14(10)12-2-3-22-15(18-12)19-16(20-22)21-4-6-24-7-5-21/h2-3,8-9,23H,4-7H2,1H3. The van der Waals surface area contributed by atoms with Crippen molar-refractivity contribution in [2.45, 2.75) is 6.92 Å². The Morgan fingerprint density at radius 3 is 2.75 bits per heavy atom. The molecule has 1 aliphatic heterocycles. The number of aromatic nitrogens is 4. The van der Waals surface area contributed by atoms with Gasteiger partial charge in [0.05, 0.1) is 18.9 Å². The van der Waals surface area contributed by atoms with Gasteiger partial charge in [0.1, 0.15) is 11.6 Å². The Balaban J connectivity index is 1.76. The normalized spacial score (nSPS) is 15.2. The smallest absolute Gasteiger partial charge is 0.254 e. The lowest BCUT2D eigenvalue weighted by atomic mass is 10.0. The van der Waals surface area contributed by atoms with Crippen LogP contribution in [0.15, 0.2) is 24.4 Å². The fourth-order valence-electron chi connectivity index (χ4n) is 2.86. The topological polar surface area (TPSA) is 75.8 Å². The number of aryl methyl sites for hydroxylation is 1. The van der Waals surface area contributed by atoms with Crippen molar-refractivity contribution >= 4 is 11.7 Å². The van der Waals surface area contributed by atoms with Crippen LogP contribution in [0.5, 0.6) is 5.75 Å². The minimum Gasteiger partial charge on any atom is -0.507 e. The van der Waals surface area contributed by atoms with Crippen LogP contribution in [0.2, 0.25) is 0 Å². The zero-order chi connectivity index (χ0) is 16.7. The van der Waals surface area contributed by atoms with E-state index >= 15 is 0 Å². The zero-order valence-electron chi connectivity index (χ0n) is 13.1. The summed E-state index contributed by atoms with van der Waals surface area (Å²) < 4.78 is 20.3. The first kappa shape index (κ1) is 14.8. The Hall–Kier alpha value is -2.74. The third-order valence-corrected chi connectivity index (χ3v) is 4.03. The first-order chi connectivity index (χ1) is 11.6. The second-order valence-corrected chi connectivity index (χ2v) is 5.69. The number of ether oxygens (including phenoxy) is 1. The molecule has 0 saturated carbocycles. The predicted molar refractivity (Wildman–Crippen MR) is 85.6 cm³/mol. The SMILES string of the molecule is Cc1cc(F)cc(O)c1-c1ccn2nc(N3CCOCC3)nc2n1. The number of rotatable bonds is 2. The molecule has 0 unspecified atom stereocenters. The lowest BCUT2D eigenvalue weighted by Crippen LogP contribution is -2.36. The maximum absolute atomic E-state index is 13.4. The fraction of sp³-hybridized carbons (Fsp3) is 0.312. The van der Waals surface area contributed by atoms with E-state index in [2.05, 4.69) is 15.1 Å². The minimum atomic E-state index is -0.480. The quantitative estimate of drug-likeness (QED) is 0.772. The molecule has 1 saturated heterocycles. The molecule has 1 aliphatic rings. The number of nitrogens with zero attached hydrogens (tertiary/aromatic N) is 5. The summed E-state index contributed by atoms with van der Waals surface area (Å²) >= 11 is 0. The van der Waals surface area contributed by atoms with Gasteiger partial charge in [0.15, 0.2) is 0 Å². The van der Waals surface area contributed by atoms with Crippen LogP contribution >= 0.6 is 0 Å². The molecule has 24 heavy (non-hydrogen) atoms. The summed E-state index contributed by atoms with van der Waals surface area (Å²) in [4.78, 5) is 11.0. The largest absolute Gasteiger partial charge is 0.507 e. The van der Waals surface area contributed by atoms with Gasteiger partial charge < -0.3 is 14.7 Å². The monoisotopic (exact) mass is 329 g/mol. The molecule has 0 radical (unpaired) electrons. The van der Waals surface area contributed by atoms with Crippen molar-refractivity contribution in [3.05, 3.63) is 35.8 Å². The van der Waals surface area contributed by atoms with Crippen molar-refractivity contribution in [1.29, 1.82) is 0 Å². The van der Waals surface area contributed by atoms with Crippen molar-refractivity contribution in [1.82, 2.24) is 19.6 Å². The minimum absolute atomic E-state index is 0.141. The number of phenolic OH excluding ortho intramolecular Hbond substituents is 1. The van der Waals surface area contributed by atoms with Gasteiger partial charge in [0, 0.05) is 30.9 Å². The highest BCUT2D eigenvalue weighted by atomic mass is 19.1. The lowest BCUT2D eigenvalue weighted by Gasteiger charge is -2.25. The molecule has 2 aromatic heterocycles. The van der Waals surface area contributed by atoms with Crippen LogP contribution in [0.25, 0.3) is 17.0 Å². The van der Waals surface area contributed by atoms with Crippen molar-refractivity contribution in [3.8, 4) is 17.0 Å². The van der Waals surface area contributed by atoms with Crippen LogP contribution in [-0.2, 0) is 4.74 Å². The van der Waals surface area contributed by atoms with E-state index in [1.54, 1.807) is 23.7 Å². The van der Waals surface area contributed by atoms with Crippen LogP contribution in [0.1, 0.15) is 5.56 Å². The predicted octanol–water partition coefficient (Wildman–Crippen LogP) is 1.78. The van der Waals surface area contributed by atoms with Gasteiger partial charge in [0.25, 0.3) is 5.78 Å². The summed E-state index contributed by atoms with van der Waals surface area (Å²) in [6.45, 7) is 4.50. The molecule has 0 aliphatic carbocycles. The average Bonchev–Trinajstić information content (AvgIpc) is 2.98. The van der Waals surface area contributed by atoms with Gasteiger partial charge in [-0.3, -0.25) is 0 Å². The Morgan fingerprint density at radius 2 is 2.00 bits per heavy atom. The number of anilines is 1. The summed E-state index contributed by atoms with van der Waals surface area (Å²) in [6.07, 6.45) is 1.73. The van der Waals surface area contributed by atoms with Crippen LogP contribution < -0.4 is 4.90 Å². The summed E-state index contributed by atoms with van der Waals surface area (Å²) in [5.74, 6) is 0.407. The van der Waals surface area contributed by atoms with E-state index in [9.17, 15) is 9.50 Å². The highest BCUT2D eigenvalue weighted by Crippen LogP contribution is 2.32. The van der Waals surface area contributed by atoms with E-state index in [1.165, 1.54) is 6.07 Å². The molecule has 1 fully saturated rings. The highest BCUT2D eigenvalue weighted by Gasteiger charge is 2.18. The van der Waals surface area contributed by atoms with Gasteiger partial charge in [-0.05, 0) is 24.6 Å². The second kappa shape index (κ2) is 5.72. The molecule has 1 N–H and O–H groups in total. The van der Waals surface area contributed by atoms with Gasteiger partial charge in [-0.15, -0.1) is 5.10 Å². The Morgan fingerprint density at radius 1 is 1.21 bits per heavy atom. The Bertz CT molecular complexity index is 882. The molecule has 0 spiro atoms. The van der Waals surface area contributed by atoms with E-state index < -0.39 is 5.82 Å². The van der Waals surface area contributed by atoms with E-state index in [1.807, 2.05) is 4.90 Å². The van der Waals surface area contributed by atoms with Gasteiger partial charge in [0.2, 0.25) is 5.95 Å². The molecule has 7 nitrogen and oxygen atoms in total. The number of morpholine rings is 1. The van der Waals surface area contributed by atoms with Gasteiger partial charge >= 0.3 is 0 Å². The first-order valence-electron chi connectivity index (χ1n) is 7.67. The van der Waals surface area contributed by atoms with Crippen LogP contribution in [0.4, 0.5) is 10.3 Å². The number of aromatic hydroxyl groups is 1. The number of fused-ring (bicyclic) bond motifs is 1. The third kappa shape index (κ3) is 2.54. The van der Waals surface area contributed by atoms with E-state index in [-0.39, 0.29) is 5.75 Å². The number of hydrogen-bond donors (Lipinski definition) is 1. The highest BCUT2D eigenvalue weighted by molar-refractivity contribution is 5.71. The van der Waals surface area contributed by atoms with Crippen molar-refractivity contribution in [3.63, 3.8) is 0 Å². The Kier molecular flexibility index (Phi) is 3.53. The van der Waals surface area contributed by atoms with E-state index in [0.29, 0.717) is 41.8 Å². The molecule has 0 atom stereocenters. The molecule has 0 bridgehead atoms. The molecule has 4 rings (SSSR count). The summed E-state index contributed by atoms with van der Waals surface area (Å²) in [5.41, 5.74) is 1.63. The molecule has 8 heteroatoms. The summed E-state index contributed by atoms with van der Waals surface area (Å²) in [6, 6.07) is 4.17. The second-order valence-electron chi connectivity index (χ2n) is 5.69. The van der Waals surface area contributed by atoms with E-state index in [4.69, 9.17) is 4.74 Å². The van der Waals surface area contributed by atoms with E-state index in [0.717, 1.165) is 19.2 Å². The molecule has 1 aromatic carbocycles. The molecular formula is C16H16FN5O2. The zero-order valence-corrected chi connectivity index (χ0v) is 13.1. The maximum Gasteiger partial charge on any atom is 0.254 e. The first-order valence-corrected chi connectivity index (χ1v) is 7.67. The summed E-state index contributed by atoms with van der Waals surface area (Å²) in [5, 5.41) is 14.5. The van der Waals surface area contributed by atoms with Gasteiger partial charge in [-0.2, -0.15) is 4.98 Å². The fourth-order valence-corrected chi connectivity index (χ4v) is 2.86. The number of hydrogen-bond acceptors (Lipinski definition) is 6. The average molecular weight is 329 g/mol. The number of phenols is 1. The van der Waals surface area contributed by atoms with Crippen LogP contribution in [0, 0.1) is 12.7 Å². The van der Waals surface area contributed by atoms with Crippen molar-refractivity contribution in [2.75, 3.05) is 31.2 Å². The van der Waals surface area contributed by atoms with Crippen molar-refractivity contribution < 1.29 is 14.2 Å². The number of benzene rings is 1. The molecule has 3 heterocycles. The molecule has 124 valence electrons. The molecular weight excluding hydrogens is 313 g/mol. The third-order valence-electron chi connectivity index (χ3n) is 4.03.